The van der Waals surface area contributed by atoms with Crippen molar-refractivity contribution in [3.63, 3.8) is 0 Å². The van der Waals surface area contributed by atoms with Gasteiger partial charge in [0.1, 0.15) is 17.8 Å². The summed E-state index contributed by atoms with van der Waals surface area (Å²) in [6, 6.07) is 16.6. The first-order chi connectivity index (χ1) is 13.8. The van der Waals surface area contributed by atoms with Gasteiger partial charge < -0.3 is 11.1 Å². The number of hydrogen-bond donors (Lipinski definition) is 2. The fourth-order valence-electron chi connectivity index (χ4n) is 3.15. The number of carbonyl (C=O) groups excluding carboxylic acids is 1. The molecule has 0 aliphatic carbocycles. The zero-order valence-electron chi connectivity index (χ0n) is 16.5. The van der Waals surface area contributed by atoms with Gasteiger partial charge in [-0.15, -0.1) is 0 Å². The van der Waals surface area contributed by atoms with E-state index in [2.05, 4.69) is 36.1 Å². The van der Waals surface area contributed by atoms with Crippen LogP contribution in [0.25, 0.3) is 22.3 Å². The molecule has 3 N–H and O–H groups in total. The van der Waals surface area contributed by atoms with E-state index in [0.717, 1.165) is 10.9 Å². The number of fused-ring (bicyclic) bond motifs is 1. The minimum absolute atomic E-state index is 0.154. The molecule has 1 amide bonds. The standard InChI is InChI=1S/C22H22N6O/c1-22(2,3)28-20-17(19(23)24-13-25-20)18(27-28)14-9-11-16(12-10-14)26-21(29)15-7-5-4-6-8-15/h4-13H,1-3H3,(H,26,29)(H2,23,24,25). The molecule has 4 rings (SSSR count). The highest BCUT2D eigenvalue weighted by atomic mass is 16.1. The maximum Gasteiger partial charge on any atom is 0.255 e. The predicted octanol–water partition coefficient (Wildman–Crippen LogP) is 4.08. The molecule has 29 heavy (non-hydrogen) atoms. The molecule has 0 radical (unpaired) electrons. The highest BCUT2D eigenvalue weighted by Crippen LogP contribution is 2.33. The van der Waals surface area contributed by atoms with Crippen molar-refractivity contribution < 1.29 is 4.79 Å². The largest absolute Gasteiger partial charge is 0.383 e. The molecule has 0 saturated heterocycles. The Kier molecular flexibility index (Phi) is 4.50. The quantitative estimate of drug-likeness (QED) is 0.553. The van der Waals surface area contributed by atoms with Gasteiger partial charge in [-0.1, -0.05) is 30.3 Å². The van der Waals surface area contributed by atoms with Crippen LogP contribution < -0.4 is 11.1 Å². The Bertz CT molecular complexity index is 1170. The Balaban J connectivity index is 1.70. The molecule has 0 bridgehead atoms. The monoisotopic (exact) mass is 386 g/mol. The van der Waals surface area contributed by atoms with Gasteiger partial charge in [0.05, 0.1) is 10.9 Å². The molecule has 7 heteroatoms. The van der Waals surface area contributed by atoms with Crippen LogP contribution in [0.2, 0.25) is 0 Å². The van der Waals surface area contributed by atoms with E-state index in [0.29, 0.717) is 28.4 Å². The van der Waals surface area contributed by atoms with Crippen LogP contribution in [-0.2, 0) is 5.54 Å². The Labute approximate surface area is 168 Å². The second kappa shape index (κ2) is 7.01. The minimum atomic E-state index is -0.263. The zero-order chi connectivity index (χ0) is 20.6. The van der Waals surface area contributed by atoms with Gasteiger partial charge in [0.25, 0.3) is 5.91 Å². The molecule has 0 fully saturated rings. The fourth-order valence-corrected chi connectivity index (χ4v) is 3.15. The van der Waals surface area contributed by atoms with E-state index in [4.69, 9.17) is 10.8 Å². The maximum atomic E-state index is 12.3. The highest BCUT2D eigenvalue weighted by molar-refractivity contribution is 6.04. The van der Waals surface area contributed by atoms with E-state index >= 15 is 0 Å². The highest BCUT2D eigenvalue weighted by Gasteiger charge is 2.23. The van der Waals surface area contributed by atoms with Gasteiger partial charge in [-0.3, -0.25) is 4.79 Å². The summed E-state index contributed by atoms with van der Waals surface area (Å²) in [6.07, 6.45) is 1.45. The number of hydrogen-bond acceptors (Lipinski definition) is 5. The number of nitrogens with two attached hydrogens (primary N) is 1. The van der Waals surface area contributed by atoms with Gasteiger partial charge >= 0.3 is 0 Å². The molecule has 2 aromatic heterocycles. The number of benzene rings is 2. The summed E-state index contributed by atoms with van der Waals surface area (Å²) in [7, 11) is 0. The van der Waals surface area contributed by atoms with Gasteiger partial charge in [0.15, 0.2) is 5.65 Å². The number of nitrogens with zero attached hydrogens (tertiary/aromatic N) is 4. The lowest BCUT2D eigenvalue weighted by Gasteiger charge is -2.19. The van der Waals surface area contributed by atoms with Crippen LogP contribution in [0, 0.1) is 0 Å². The van der Waals surface area contributed by atoms with Crippen molar-refractivity contribution >= 4 is 28.4 Å². The summed E-state index contributed by atoms with van der Waals surface area (Å²) >= 11 is 0. The Hall–Kier alpha value is -3.74. The van der Waals surface area contributed by atoms with Crippen LogP contribution in [0.3, 0.4) is 0 Å². The minimum Gasteiger partial charge on any atom is -0.383 e. The van der Waals surface area contributed by atoms with E-state index in [9.17, 15) is 4.79 Å². The number of aromatic nitrogens is 4. The van der Waals surface area contributed by atoms with E-state index in [1.165, 1.54) is 6.33 Å². The van der Waals surface area contributed by atoms with Crippen molar-refractivity contribution in [1.29, 1.82) is 0 Å². The molecule has 2 aromatic carbocycles. The first-order valence-electron chi connectivity index (χ1n) is 9.31. The van der Waals surface area contributed by atoms with Crippen molar-refractivity contribution in [2.45, 2.75) is 26.3 Å². The third kappa shape index (κ3) is 3.54. The molecule has 2 heterocycles. The summed E-state index contributed by atoms with van der Waals surface area (Å²) in [6.45, 7) is 6.18. The number of nitrogen functional groups attached to an aromatic ring is 1. The van der Waals surface area contributed by atoms with Gasteiger partial charge in [-0.25, -0.2) is 14.6 Å². The van der Waals surface area contributed by atoms with E-state index in [1.807, 2.05) is 47.1 Å². The molecule has 0 unspecified atom stereocenters. The Morgan fingerprint density at radius 3 is 2.34 bits per heavy atom. The molecule has 0 saturated carbocycles. The van der Waals surface area contributed by atoms with Crippen molar-refractivity contribution in [1.82, 2.24) is 19.7 Å². The predicted molar refractivity (Wildman–Crippen MR) is 115 cm³/mol. The molecule has 146 valence electrons. The molecule has 0 atom stereocenters. The third-order valence-corrected chi connectivity index (χ3v) is 4.58. The smallest absolute Gasteiger partial charge is 0.255 e. The van der Waals surface area contributed by atoms with Gasteiger partial charge in [-0.2, -0.15) is 5.10 Å². The van der Waals surface area contributed by atoms with Gasteiger partial charge in [0.2, 0.25) is 0 Å². The number of carbonyl (C=O) groups is 1. The summed E-state index contributed by atoms with van der Waals surface area (Å²) in [5.74, 6) is 0.236. The number of amides is 1. The van der Waals surface area contributed by atoms with Crippen LogP contribution in [0.4, 0.5) is 11.5 Å². The molecular weight excluding hydrogens is 364 g/mol. The second-order valence-electron chi connectivity index (χ2n) is 7.79. The summed E-state index contributed by atoms with van der Waals surface area (Å²) in [5, 5.41) is 8.40. The van der Waals surface area contributed by atoms with E-state index < -0.39 is 0 Å². The van der Waals surface area contributed by atoms with Crippen LogP contribution in [0.5, 0.6) is 0 Å². The third-order valence-electron chi connectivity index (χ3n) is 4.58. The SMILES string of the molecule is CC(C)(C)n1nc(-c2ccc(NC(=O)c3ccccc3)cc2)c2c(N)ncnc21. The van der Waals surface area contributed by atoms with Crippen molar-refractivity contribution in [2.75, 3.05) is 11.1 Å². The van der Waals surface area contributed by atoms with E-state index in [-0.39, 0.29) is 11.4 Å². The van der Waals surface area contributed by atoms with Crippen LogP contribution >= 0.6 is 0 Å². The van der Waals surface area contributed by atoms with Crippen LogP contribution in [0.15, 0.2) is 60.9 Å². The van der Waals surface area contributed by atoms with Crippen molar-refractivity contribution in [3.8, 4) is 11.3 Å². The summed E-state index contributed by atoms with van der Waals surface area (Å²) in [5.41, 5.74) is 9.48. The topological polar surface area (TPSA) is 98.7 Å². The zero-order valence-corrected chi connectivity index (χ0v) is 16.5. The van der Waals surface area contributed by atoms with Crippen molar-refractivity contribution in [3.05, 3.63) is 66.5 Å². The summed E-state index contributed by atoms with van der Waals surface area (Å²) in [4.78, 5) is 20.9. The molecule has 7 nitrogen and oxygen atoms in total. The van der Waals surface area contributed by atoms with Gasteiger partial charge in [0, 0.05) is 16.8 Å². The van der Waals surface area contributed by atoms with Crippen molar-refractivity contribution in [2.24, 2.45) is 0 Å². The normalized spacial score (nSPS) is 11.6. The molecular formula is C22H22N6O. The molecule has 0 aliphatic rings. The first-order valence-corrected chi connectivity index (χ1v) is 9.31. The average Bonchev–Trinajstić information content (AvgIpc) is 3.11. The van der Waals surface area contributed by atoms with Crippen LogP contribution in [0.1, 0.15) is 31.1 Å². The first kappa shape index (κ1) is 18.6. The molecule has 0 aliphatic heterocycles. The number of rotatable bonds is 3. The lowest BCUT2D eigenvalue weighted by molar-refractivity contribution is 0.102. The number of nitrogens with one attached hydrogen (secondary N) is 1. The summed E-state index contributed by atoms with van der Waals surface area (Å²) < 4.78 is 1.86. The molecule has 0 spiro atoms. The van der Waals surface area contributed by atoms with E-state index in [1.54, 1.807) is 12.1 Å². The maximum absolute atomic E-state index is 12.3. The lowest BCUT2D eigenvalue weighted by Crippen LogP contribution is -2.23. The Morgan fingerprint density at radius 1 is 1.00 bits per heavy atom. The Morgan fingerprint density at radius 2 is 1.69 bits per heavy atom. The van der Waals surface area contributed by atoms with Gasteiger partial charge in [-0.05, 0) is 45.0 Å². The number of anilines is 2. The average molecular weight is 386 g/mol. The molecule has 4 aromatic rings. The van der Waals surface area contributed by atoms with Crippen LogP contribution in [-0.4, -0.2) is 25.7 Å². The second-order valence-corrected chi connectivity index (χ2v) is 7.79. The lowest BCUT2D eigenvalue weighted by atomic mass is 10.1. The fraction of sp³-hybridized carbons (Fsp3) is 0.182.